The van der Waals surface area contributed by atoms with Crippen molar-refractivity contribution in [3.63, 3.8) is 0 Å². The third-order valence-corrected chi connectivity index (χ3v) is 4.30. The van der Waals surface area contributed by atoms with Crippen LogP contribution in [-0.2, 0) is 11.0 Å². The first-order chi connectivity index (χ1) is 11.4. The third-order valence-electron chi connectivity index (χ3n) is 4.30. The summed E-state index contributed by atoms with van der Waals surface area (Å²) in [5, 5.41) is 2.70. The zero-order valence-electron chi connectivity index (χ0n) is 13.6. The number of nitrogens with one attached hydrogen (secondary N) is 1. The SMILES string of the molecule is O=C(CCC1CCCCC1)NCC#Cc1cccc(C(F)(F)F)c1. The van der Waals surface area contributed by atoms with Gasteiger partial charge in [0.15, 0.2) is 0 Å². The van der Waals surface area contributed by atoms with Crippen molar-refractivity contribution in [2.45, 2.75) is 51.1 Å². The van der Waals surface area contributed by atoms with Crippen molar-refractivity contribution in [2.24, 2.45) is 5.92 Å². The van der Waals surface area contributed by atoms with E-state index in [9.17, 15) is 18.0 Å². The molecule has 1 fully saturated rings. The molecule has 0 heterocycles. The molecule has 0 saturated heterocycles. The van der Waals surface area contributed by atoms with Gasteiger partial charge in [0, 0.05) is 12.0 Å². The van der Waals surface area contributed by atoms with E-state index >= 15 is 0 Å². The van der Waals surface area contributed by atoms with Gasteiger partial charge in [0.25, 0.3) is 0 Å². The molecular formula is C19H22F3NO. The van der Waals surface area contributed by atoms with Gasteiger partial charge in [-0.05, 0) is 30.5 Å². The van der Waals surface area contributed by atoms with Crippen LogP contribution in [0, 0.1) is 17.8 Å². The summed E-state index contributed by atoms with van der Waals surface area (Å²) in [5.74, 6) is 5.96. The molecule has 130 valence electrons. The first-order valence-corrected chi connectivity index (χ1v) is 8.38. The van der Waals surface area contributed by atoms with Gasteiger partial charge in [-0.3, -0.25) is 4.79 Å². The molecule has 1 aliphatic carbocycles. The lowest BCUT2D eigenvalue weighted by atomic mass is 9.86. The van der Waals surface area contributed by atoms with Crippen LogP contribution in [0.25, 0.3) is 0 Å². The first kappa shape index (κ1) is 18.4. The van der Waals surface area contributed by atoms with Crippen LogP contribution in [0.3, 0.4) is 0 Å². The number of amides is 1. The molecule has 2 rings (SSSR count). The van der Waals surface area contributed by atoms with Gasteiger partial charge in [0.2, 0.25) is 5.91 Å². The maximum Gasteiger partial charge on any atom is 0.416 e. The van der Waals surface area contributed by atoms with Gasteiger partial charge >= 0.3 is 6.18 Å². The van der Waals surface area contributed by atoms with Crippen LogP contribution < -0.4 is 5.32 Å². The Bertz CT molecular complexity index is 607. The van der Waals surface area contributed by atoms with E-state index in [1.807, 2.05) is 0 Å². The van der Waals surface area contributed by atoms with Gasteiger partial charge in [-0.25, -0.2) is 0 Å². The van der Waals surface area contributed by atoms with Gasteiger partial charge in [-0.2, -0.15) is 13.2 Å². The average Bonchev–Trinajstić information content (AvgIpc) is 2.57. The smallest absolute Gasteiger partial charge is 0.345 e. The fraction of sp³-hybridized carbons (Fsp3) is 0.526. The molecule has 0 aliphatic heterocycles. The Morgan fingerprint density at radius 3 is 2.67 bits per heavy atom. The van der Waals surface area contributed by atoms with E-state index in [0.29, 0.717) is 17.9 Å². The minimum atomic E-state index is -4.37. The maximum atomic E-state index is 12.6. The molecular weight excluding hydrogens is 315 g/mol. The summed E-state index contributed by atoms with van der Waals surface area (Å²) >= 11 is 0. The van der Waals surface area contributed by atoms with Crippen LogP contribution in [0.15, 0.2) is 24.3 Å². The number of hydrogen-bond acceptors (Lipinski definition) is 1. The van der Waals surface area contributed by atoms with Crippen molar-refractivity contribution in [3.8, 4) is 11.8 Å². The summed E-state index contributed by atoms with van der Waals surface area (Å²) in [6.45, 7) is 0.153. The summed E-state index contributed by atoms with van der Waals surface area (Å²) in [7, 11) is 0. The highest BCUT2D eigenvalue weighted by atomic mass is 19.4. The molecule has 0 aromatic heterocycles. The molecule has 0 bridgehead atoms. The Labute approximate surface area is 140 Å². The Balaban J connectivity index is 1.74. The topological polar surface area (TPSA) is 29.1 Å². The van der Waals surface area contributed by atoms with E-state index in [1.54, 1.807) is 0 Å². The van der Waals surface area contributed by atoms with Crippen molar-refractivity contribution in [1.82, 2.24) is 5.32 Å². The highest BCUT2D eigenvalue weighted by Gasteiger charge is 2.30. The molecule has 1 amide bonds. The lowest BCUT2D eigenvalue weighted by Crippen LogP contribution is -2.24. The number of alkyl halides is 3. The summed E-state index contributed by atoms with van der Waals surface area (Å²) in [6, 6.07) is 4.87. The van der Waals surface area contributed by atoms with Gasteiger partial charge in [-0.1, -0.05) is 50.0 Å². The van der Waals surface area contributed by atoms with Crippen molar-refractivity contribution in [2.75, 3.05) is 6.54 Å². The van der Waals surface area contributed by atoms with Crippen molar-refractivity contribution in [3.05, 3.63) is 35.4 Å². The number of carbonyl (C=O) groups is 1. The van der Waals surface area contributed by atoms with Crippen LogP contribution in [0.5, 0.6) is 0 Å². The largest absolute Gasteiger partial charge is 0.416 e. The Hall–Kier alpha value is -1.96. The normalized spacial score (nSPS) is 15.5. The van der Waals surface area contributed by atoms with Gasteiger partial charge < -0.3 is 5.32 Å². The zero-order chi connectivity index (χ0) is 17.4. The van der Waals surface area contributed by atoms with E-state index in [0.717, 1.165) is 18.6 Å². The second kappa shape index (κ2) is 8.77. The fourth-order valence-electron chi connectivity index (χ4n) is 2.96. The van der Waals surface area contributed by atoms with E-state index in [-0.39, 0.29) is 12.5 Å². The molecule has 1 aliphatic rings. The quantitative estimate of drug-likeness (QED) is 0.804. The van der Waals surface area contributed by atoms with Crippen LogP contribution in [0.2, 0.25) is 0 Å². The number of carbonyl (C=O) groups excluding carboxylic acids is 1. The third kappa shape index (κ3) is 6.27. The predicted octanol–water partition coefficient (Wildman–Crippen LogP) is 4.53. The highest BCUT2D eigenvalue weighted by Crippen LogP contribution is 2.29. The lowest BCUT2D eigenvalue weighted by molar-refractivity contribution is -0.137. The number of benzene rings is 1. The molecule has 0 spiro atoms. The Morgan fingerprint density at radius 1 is 1.21 bits per heavy atom. The number of rotatable bonds is 4. The zero-order valence-corrected chi connectivity index (χ0v) is 13.6. The predicted molar refractivity (Wildman–Crippen MR) is 87.1 cm³/mol. The number of hydrogen-bond donors (Lipinski definition) is 1. The molecule has 1 aromatic carbocycles. The standard InChI is InChI=1S/C19H22F3NO/c20-19(21,22)17-10-4-8-16(14-17)9-5-13-23-18(24)12-11-15-6-2-1-3-7-15/h4,8,10,14-15H,1-3,6-7,11-13H2,(H,23,24). The Morgan fingerprint density at radius 2 is 1.96 bits per heavy atom. The first-order valence-electron chi connectivity index (χ1n) is 8.38. The molecule has 0 atom stereocenters. The maximum absolute atomic E-state index is 12.6. The summed E-state index contributed by atoms with van der Waals surface area (Å²) in [5.41, 5.74) is -0.424. The average molecular weight is 337 g/mol. The molecule has 5 heteroatoms. The fourth-order valence-corrected chi connectivity index (χ4v) is 2.96. The molecule has 0 radical (unpaired) electrons. The monoisotopic (exact) mass is 337 g/mol. The molecule has 1 aromatic rings. The van der Waals surface area contributed by atoms with Crippen molar-refractivity contribution >= 4 is 5.91 Å². The van der Waals surface area contributed by atoms with Crippen LogP contribution in [0.4, 0.5) is 13.2 Å². The Kier molecular flexibility index (Phi) is 6.72. The van der Waals surface area contributed by atoms with Crippen molar-refractivity contribution < 1.29 is 18.0 Å². The van der Waals surface area contributed by atoms with Crippen LogP contribution in [-0.4, -0.2) is 12.5 Å². The highest BCUT2D eigenvalue weighted by molar-refractivity contribution is 5.76. The second-order valence-electron chi connectivity index (χ2n) is 6.20. The lowest BCUT2D eigenvalue weighted by Gasteiger charge is -2.20. The summed E-state index contributed by atoms with van der Waals surface area (Å²) in [6.07, 6.45) is 3.27. The summed E-state index contributed by atoms with van der Waals surface area (Å²) < 4.78 is 37.8. The number of halogens is 3. The second-order valence-corrected chi connectivity index (χ2v) is 6.20. The van der Waals surface area contributed by atoms with Gasteiger partial charge in [-0.15, -0.1) is 0 Å². The molecule has 0 unspecified atom stereocenters. The van der Waals surface area contributed by atoms with Gasteiger partial charge in [0.05, 0.1) is 12.1 Å². The molecule has 1 N–H and O–H groups in total. The molecule has 24 heavy (non-hydrogen) atoms. The van der Waals surface area contributed by atoms with Gasteiger partial charge in [0.1, 0.15) is 0 Å². The van der Waals surface area contributed by atoms with E-state index in [1.165, 1.54) is 44.2 Å². The van der Waals surface area contributed by atoms with E-state index in [2.05, 4.69) is 17.2 Å². The van der Waals surface area contributed by atoms with E-state index < -0.39 is 11.7 Å². The molecule has 2 nitrogen and oxygen atoms in total. The van der Waals surface area contributed by atoms with Crippen LogP contribution >= 0.6 is 0 Å². The minimum absolute atomic E-state index is 0.0427. The minimum Gasteiger partial charge on any atom is -0.345 e. The van der Waals surface area contributed by atoms with Crippen LogP contribution in [0.1, 0.15) is 56.1 Å². The molecule has 1 saturated carbocycles. The van der Waals surface area contributed by atoms with E-state index in [4.69, 9.17) is 0 Å². The van der Waals surface area contributed by atoms with Crippen molar-refractivity contribution in [1.29, 1.82) is 0 Å². The summed E-state index contributed by atoms with van der Waals surface area (Å²) in [4.78, 5) is 11.8.